The number of rotatable bonds is 3. The number of hydrogen-bond donors (Lipinski definition) is 0. The Labute approximate surface area is 90.3 Å². The first kappa shape index (κ1) is 9.20. The summed E-state index contributed by atoms with van der Waals surface area (Å²) in [5.41, 5.74) is 3.45. The standard InChI is InChI=1S/C13H17NO/c1-8-7-12(13(15)10-3-4-10)9(2)14(8)11-5-6-11/h7,10-11H,3-6H2,1-2H3. The fraction of sp³-hybridized carbons (Fsp3) is 0.615. The predicted molar refractivity (Wildman–Crippen MR) is 59.2 cm³/mol. The Kier molecular flexibility index (Phi) is 1.82. The third kappa shape index (κ3) is 1.43. The maximum atomic E-state index is 12.0. The molecule has 0 amide bonds. The molecule has 1 aromatic rings. The van der Waals surface area contributed by atoms with Gasteiger partial charge in [-0.05, 0) is 45.6 Å². The fourth-order valence-corrected chi connectivity index (χ4v) is 2.49. The first-order valence-corrected chi connectivity index (χ1v) is 5.91. The highest BCUT2D eigenvalue weighted by Gasteiger charge is 2.34. The van der Waals surface area contributed by atoms with Crippen molar-refractivity contribution in [3.8, 4) is 0 Å². The third-order valence-corrected chi connectivity index (χ3v) is 3.61. The van der Waals surface area contributed by atoms with Crippen LogP contribution in [0, 0.1) is 19.8 Å². The molecular weight excluding hydrogens is 186 g/mol. The molecule has 0 bridgehead atoms. The first-order valence-electron chi connectivity index (χ1n) is 5.91. The van der Waals surface area contributed by atoms with Crippen LogP contribution in [-0.4, -0.2) is 10.4 Å². The van der Waals surface area contributed by atoms with E-state index in [1.807, 2.05) is 0 Å². The number of aryl methyl sites for hydroxylation is 1. The van der Waals surface area contributed by atoms with Gasteiger partial charge < -0.3 is 4.57 Å². The van der Waals surface area contributed by atoms with Gasteiger partial charge in [-0.2, -0.15) is 0 Å². The minimum Gasteiger partial charge on any atom is -0.345 e. The van der Waals surface area contributed by atoms with Gasteiger partial charge in [-0.25, -0.2) is 0 Å². The van der Waals surface area contributed by atoms with Gasteiger partial charge in [-0.3, -0.25) is 4.79 Å². The lowest BCUT2D eigenvalue weighted by molar-refractivity contribution is 0.0967. The summed E-state index contributed by atoms with van der Waals surface area (Å²) in [6, 6.07) is 2.78. The molecule has 2 saturated carbocycles. The normalized spacial score (nSPS) is 20.7. The molecule has 0 aliphatic heterocycles. The van der Waals surface area contributed by atoms with Crippen LogP contribution in [0.25, 0.3) is 0 Å². The van der Waals surface area contributed by atoms with Crippen molar-refractivity contribution in [1.82, 2.24) is 4.57 Å². The lowest BCUT2D eigenvalue weighted by Crippen LogP contribution is -2.04. The minimum absolute atomic E-state index is 0.346. The molecule has 0 N–H and O–H groups in total. The van der Waals surface area contributed by atoms with E-state index in [0.717, 1.165) is 18.4 Å². The number of ketones is 1. The van der Waals surface area contributed by atoms with Crippen LogP contribution in [-0.2, 0) is 0 Å². The van der Waals surface area contributed by atoms with Gasteiger partial charge in [-0.1, -0.05) is 0 Å². The van der Waals surface area contributed by atoms with E-state index in [2.05, 4.69) is 24.5 Å². The fourth-order valence-electron chi connectivity index (χ4n) is 2.49. The van der Waals surface area contributed by atoms with Crippen molar-refractivity contribution in [1.29, 1.82) is 0 Å². The zero-order valence-corrected chi connectivity index (χ0v) is 9.42. The van der Waals surface area contributed by atoms with E-state index in [-0.39, 0.29) is 0 Å². The van der Waals surface area contributed by atoms with Crippen molar-refractivity contribution >= 4 is 5.78 Å². The highest BCUT2D eigenvalue weighted by molar-refractivity contribution is 6.00. The molecule has 0 aromatic carbocycles. The number of hydrogen-bond acceptors (Lipinski definition) is 1. The second kappa shape index (κ2) is 2.97. The Morgan fingerprint density at radius 2 is 1.93 bits per heavy atom. The average Bonchev–Trinajstić information content (AvgIpc) is 3.05. The van der Waals surface area contributed by atoms with Crippen LogP contribution in [0.3, 0.4) is 0 Å². The Bertz CT molecular complexity index is 422. The quantitative estimate of drug-likeness (QED) is 0.692. The van der Waals surface area contributed by atoms with E-state index in [0.29, 0.717) is 17.7 Å². The average molecular weight is 203 g/mol. The van der Waals surface area contributed by atoms with E-state index >= 15 is 0 Å². The second-order valence-electron chi connectivity index (χ2n) is 5.02. The number of carbonyl (C=O) groups is 1. The lowest BCUT2D eigenvalue weighted by atomic mass is 10.1. The molecule has 15 heavy (non-hydrogen) atoms. The summed E-state index contributed by atoms with van der Waals surface area (Å²) in [6.07, 6.45) is 4.78. The van der Waals surface area contributed by atoms with Gasteiger partial charge >= 0.3 is 0 Å². The summed E-state index contributed by atoms with van der Waals surface area (Å²) in [7, 11) is 0. The summed E-state index contributed by atoms with van der Waals surface area (Å²) < 4.78 is 2.36. The molecule has 0 unspecified atom stereocenters. The number of carbonyl (C=O) groups excluding carboxylic acids is 1. The zero-order valence-electron chi connectivity index (χ0n) is 9.42. The van der Waals surface area contributed by atoms with Gasteiger partial charge in [0.15, 0.2) is 5.78 Å². The van der Waals surface area contributed by atoms with E-state index in [9.17, 15) is 4.79 Å². The van der Waals surface area contributed by atoms with Gasteiger partial charge in [0.2, 0.25) is 0 Å². The van der Waals surface area contributed by atoms with E-state index < -0.39 is 0 Å². The summed E-state index contributed by atoms with van der Waals surface area (Å²) in [6.45, 7) is 4.22. The van der Waals surface area contributed by atoms with Crippen LogP contribution in [0.5, 0.6) is 0 Å². The second-order valence-corrected chi connectivity index (χ2v) is 5.02. The minimum atomic E-state index is 0.346. The molecule has 2 nitrogen and oxygen atoms in total. The van der Waals surface area contributed by atoms with E-state index in [4.69, 9.17) is 0 Å². The molecule has 0 radical (unpaired) electrons. The van der Waals surface area contributed by atoms with Gasteiger partial charge in [-0.15, -0.1) is 0 Å². The molecule has 2 aliphatic rings. The zero-order chi connectivity index (χ0) is 10.6. The van der Waals surface area contributed by atoms with Gasteiger partial charge in [0.05, 0.1) is 0 Å². The Balaban J connectivity index is 2.00. The van der Waals surface area contributed by atoms with Crippen molar-refractivity contribution in [3.63, 3.8) is 0 Å². The highest BCUT2D eigenvalue weighted by atomic mass is 16.1. The Hall–Kier alpha value is -1.05. The van der Waals surface area contributed by atoms with Crippen molar-refractivity contribution in [2.45, 2.75) is 45.6 Å². The van der Waals surface area contributed by atoms with E-state index in [1.165, 1.54) is 24.2 Å². The van der Waals surface area contributed by atoms with E-state index in [1.54, 1.807) is 0 Å². The summed E-state index contributed by atoms with van der Waals surface area (Å²) >= 11 is 0. The van der Waals surface area contributed by atoms with Crippen molar-refractivity contribution in [3.05, 3.63) is 23.0 Å². The first-order chi connectivity index (χ1) is 7.18. The maximum Gasteiger partial charge on any atom is 0.167 e. The van der Waals surface area contributed by atoms with Crippen molar-refractivity contribution in [2.24, 2.45) is 5.92 Å². The summed E-state index contributed by atoms with van der Waals surface area (Å²) in [5, 5.41) is 0. The summed E-state index contributed by atoms with van der Waals surface area (Å²) in [5.74, 6) is 0.730. The van der Waals surface area contributed by atoms with Crippen LogP contribution in [0.4, 0.5) is 0 Å². The Morgan fingerprint density at radius 1 is 1.27 bits per heavy atom. The smallest absolute Gasteiger partial charge is 0.167 e. The van der Waals surface area contributed by atoms with Crippen LogP contribution in [0.2, 0.25) is 0 Å². The molecule has 0 atom stereocenters. The van der Waals surface area contributed by atoms with Gasteiger partial charge in [0, 0.05) is 28.9 Å². The number of Topliss-reactive ketones (excluding diaryl/α,β-unsaturated/α-hetero) is 1. The summed E-state index contributed by atoms with van der Waals surface area (Å²) in [4.78, 5) is 12.0. The Morgan fingerprint density at radius 3 is 2.47 bits per heavy atom. The van der Waals surface area contributed by atoms with Crippen LogP contribution < -0.4 is 0 Å². The van der Waals surface area contributed by atoms with Crippen LogP contribution >= 0.6 is 0 Å². The topological polar surface area (TPSA) is 22.0 Å². The maximum absolute atomic E-state index is 12.0. The molecule has 2 fully saturated rings. The number of aromatic nitrogens is 1. The molecule has 1 heterocycles. The lowest BCUT2D eigenvalue weighted by Gasteiger charge is -2.07. The molecule has 80 valence electrons. The van der Waals surface area contributed by atoms with Gasteiger partial charge in [0.1, 0.15) is 0 Å². The molecule has 2 heteroatoms. The molecule has 0 spiro atoms. The van der Waals surface area contributed by atoms with Crippen molar-refractivity contribution in [2.75, 3.05) is 0 Å². The van der Waals surface area contributed by atoms with Gasteiger partial charge in [0.25, 0.3) is 0 Å². The predicted octanol–water partition coefficient (Wildman–Crippen LogP) is 3.03. The molecular formula is C13H17NO. The van der Waals surface area contributed by atoms with Crippen molar-refractivity contribution < 1.29 is 4.79 Å². The van der Waals surface area contributed by atoms with Crippen LogP contribution in [0.1, 0.15) is 53.5 Å². The monoisotopic (exact) mass is 203 g/mol. The molecule has 0 saturated heterocycles. The number of nitrogens with zero attached hydrogens (tertiary/aromatic N) is 1. The van der Waals surface area contributed by atoms with Crippen LogP contribution in [0.15, 0.2) is 6.07 Å². The molecule has 2 aliphatic carbocycles. The SMILES string of the molecule is Cc1cc(C(=O)C2CC2)c(C)n1C1CC1. The third-order valence-electron chi connectivity index (χ3n) is 3.61. The highest BCUT2D eigenvalue weighted by Crippen LogP contribution is 2.40. The molecule has 3 rings (SSSR count). The molecule has 1 aromatic heterocycles. The largest absolute Gasteiger partial charge is 0.345 e.